The van der Waals surface area contributed by atoms with Crippen LogP contribution in [0.2, 0.25) is 0 Å². The molecule has 8 nitrogen and oxygen atoms in total. The van der Waals surface area contributed by atoms with Crippen molar-refractivity contribution in [3.63, 3.8) is 0 Å². The maximum absolute atomic E-state index is 15.2. The van der Waals surface area contributed by atoms with Gasteiger partial charge in [-0.15, -0.1) is 0 Å². The molecule has 2 aromatic heterocycles. The molecule has 1 saturated heterocycles. The largest absolute Gasteiger partial charge is 0.444 e. The second kappa shape index (κ2) is 10.1. The molecule has 1 aliphatic heterocycles. The van der Waals surface area contributed by atoms with E-state index in [-0.39, 0.29) is 29.8 Å². The Hall–Kier alpha value is -3.05. The van der Waals surface area contributed by atoms with Gasteiger partial charge in [0.2, 0.25) is 0 Å². The van der Waals surface area contributed by atoms with Gasteiger partial charge >= 0.3 is 6.09 Å². The van der Waals surface area contributed by atoms with E-state index in [0.717, 1.165) is 16.6 Å². The van der Waals surface area contributed by atoms with Crippen molar-refractivity contribution in [1.82, 2.24) is 19.6 Å². The van der Waals surface area contributed by atoms with Gasteiger partial charge in [-0.1, -0.05) is 15.9 Å². The number of halogens is 3. The van der Waals surface area contributed by atoms with E-state index in [4.69, 9.17) is 9.47 Å². The van der Waals surface area contributed by atoms with Crippen LogP contribution in [0, 0.1) is 11.6 Å². The van der Waals surface area contributed by atoms with E-state index < -0.39 is 35.3 Å². The number of benzene rings is 1. The first-order valence-electron chi connectivity index (χ1n) is 11.4. The monoisotopic (exact) mass is 564 g/mol. The van der Waals surface area contributed by atoms with Crippen LogP contribution in [-0.4, -0.2) is 64.7 Å². The zero-order chi connectivity index (χ0) is 26.2. The van der Waals surface area contributed by atoms with Crippen LogP contribution in [0.1, 0.15) is 36.8 Å². The second-order valence-corrected chi connectivity index (χ2v) is 10.4. The van der Waals surface area contributed by atoms with Crippen molar-refractivity contribution in [2.75, 3.05) is 26.7 Å². The van der Waals surface area contributed by atoms with E-state index in [2.05, 4.69) is 26.2 Å². The SMILES string of the molecule is CNC(=O)c1cc(F)c(-c2nc3cc(Br)ccn3c2C[C@H]2CN(C(=O)OC(C)(C)C)CCO2)c(F)c1. The summed E-state index contributed by atoms with van der Waals surface area (Å²) in [7, 11) is 1.38. The van der Waals surface area contributed by atoms with Gasteiger partial charge in [-0.25, -0.2) is 18.6 Å². The lowest BCUT2D eigenvalue weighted by Crippen LogP contribution is -2.48. The van der Waals surface area contributed by atoms with Gasteiger partial charge < -0.3 is 24.1 Å². The van der Waals surface area contributed by atoms with Crippen molar-refractivity contribution in [1.29, 1.82) is 0 Å². The highest BCUT2D eigenvalue weighted by Gasteiger charge is 2.31. The Morgan fingerprint density at radius 1 is 1.25 bits per heavy atom. The number of nitrogens with zero attached hydrogens (tertiary/aromatic N) is 3. The fourth-order valence-corrected chi connectivity index (χ4v) is 4.41. The third kappa shape index (κ3) is 5.52. The van der Waals surface area contributed by atoms with E-state index in [1.807, 2.05) is 0 Å². The summed E-state index contributed by atoms with van der Waals surface area (Å²) < 4.78 is 44.3. The number of carbonyl (C=O) groups excluding carboxylic acids is 2. The molecule has 3 heterocycles. The Morgan fingerprint density at radius 2 is 1.94 bits per heavy atom. The summed E-state index contributed by atoms with van der Waals surface area (Å²) in [5, 5.41) is 2.36. The number of rotatable bonds is 4. The number of carbonyl (C=O) groups is 2. The lowest BCUT2D eigenvalue weighted by molar-refractivity contribution is -0.0418. The number of aromatic nitrogens is 2. The molecule has 11 heteroatoms. The molecule has 3 aromatic rings. The molecule has 1 fully saturated rings. The molecule has 0 radical (unpaired) electrons. The Labute approximate surface area is 215 Å². The zero-order valence-electron chi connectivity index (χ0n) is 20.4. The smallest absolute Gasteiger partial charge is 0.410 e. The number of ether oxygens (including phenoxy) is 2. The first-order valence-corrected chi connectivity index (χ1v) is 12.2. The number of amides is 2. The number of imidazole rings is 1. The van der Waals surface area contributed by atoms with Gasteiger partial charge in [0.05, 0.1) is 36.2 Å². The molecule has 1 aliphatic rings. The molecule has 1 atom stereocenters. The van der Waals surface area contributed by atoms with Gasteiger partial charge in [0.1, 0.15) is 22.9 Å². The Kier molecular flexibility index (Phi) is 7.33. The predicted molar refractivity (Wildman–Crippen MR) is 133 cm³/mol. The van der Waals surface area contributed by atoms with Crippen LogP contribution in [0.15, 0.2) is 34.9 Å². The molecule has 0 spiro atoms. The summed E-state index contributed by atoms with van der Waals surface area (Å²) in [5.74, 6) is -2.41. The van der Waals surface area contributed by atoms with Crippen molar-refractivity contribution in [3.05, 3.63) is 57.8 Å². The maximum atomic E-state index is 15.2. The molecule has 1 N–H and O–H groups in total. The summed E-state index contributed by atoms with van der Waals surface area (Å²) in [6, 6.07) is 5.50. The van der Waals surface area contributed by atoms with Crippen molar-refractivity contribution in [2.45, 2.75) is 38.9 Å². The molecule has 192 valence electrons. The van der Waals surface area contributed by atoms with E-state index in [1.165, 1.54) is 7.05 Å². The predicted octanol–water partition coefficient (Wildman–Crippen LogP) is 4.58. The van der Waals surface area contributed by atoms with Gasteiger partial charge in [0.15, 0.2) is 0 Å². The lowest BCUT2D eigenvalue weighted by atomic mass is 10.0. The Bertz CT molecular complexity index is 1300. The number of hydrogen-bond acceptors (Lipinski definition) is 5. The molecule has 0 bridgehead atoms. The van der Waals surface area contributed by atoms with E-state index in [9.17, 15) is 9.59 Å². The molecule has 0 saturated carbocycles. The van der Waals surface area contributed by atoms with Crippen LogP contribution < -0.4 is 5.32 Å². The number of nitrogens with one attached hydrogen (secondary N) is 1. The summed E-state index contributed by atoms with van der Waals surface area (Å²) in [6.07, 6.45) is 1.08. The minimum atomic E-state index is -0.905. The van der Waals surface area contributed by atoms with Gasteiger partial charge in [0.25, 0.3) is 5.91 Å². The standard InChI is InChI=1S/C25H27BrF2N4O4/c1-25(2,3)36-24(34)31-7-8-35-16(13-31)12-19-22(30-20-11-15(26)5-6-32(19)20)21-17(27)9-14(10-18(21)28)23(33)29-4/h5-6,9-11,16H,7-8,12-13H2,1-4H3,(H,29,33)/t16-/m0/s1. The Balaban J connectivity index is 1.72. The normalized spacial score (nSPS) is 16.3. The van der Waals surface area contributed by atoms with Crippen molar-refractivity contribution in [2.24, 2.45) is 0 Å². The molecule has 2 amide bonds. The summed E-state index contributed by atoms with van der Waals surface area (Å²) >= 11 is 3.40. The van der Waals surface area contributed by atoms with E-state index in [0.29, 0.717) is 24.5 Å². The highest BCUT2D eigenvalue weighted by Crippen LogP contribution is 2.32. The highest BCUT2D eigenvalue weighted by molar-refractivity contribution is 9.10. The Morgan fingerprint density at radius 3 is 2.58 bits per heavy atom. The number of hydrogen-bond donors (Lipinski definition) is 1. The van der Waals surface area contributed by atoms with Crippen LogP contribution in [0.4, 0.5) is 13.6 Å². The number of pyridine rings is 1. The van der Waals surface area contributed by atoms with Crippen molar-refractivity contribution < 1.29 is 27.8 Å². The highest BCUT2D eigenvalue weighted by atomic mass is 79.9. The van der Waals surface area contributed by atoms with Gasteiger partial charge in [-0.05, 0) is 45.0 Å². The van der Waals surface area contributed by atoms with E-state index >= 15 is 8.78 Å². The van der Waals surface area contributed by atoms with Crippen LogP contribution >= 0.6 is 15.9 Å². The van der Waals surface area contributed by atoms with E-state index in [1.54, 1.807) is 48.4 Å². The average Bonchev–Trinajstić information content (AvgIpc) is 3.13. The minimum absolute atomic E-state index is 0.101. The minimum Gasteiger partial charge on any atom is -0.444 e. The first-order chi connectivity index (χ1) is 17.0. The quantitative estimate of drug-likeness (QED) is 0.501. The molecule has 1 aromatic carbocycles. The fraction of sp³-hybridized carbons (Fsp3) is 0.400. The first kappa shape index (κ1) is 26.0. The van der Waals surface area contributed by atoms with Crippen molar-refractivity contribution >= 4 is 33.6 Å². The van der Waals surface area contributed by atoms with Crippen LogP contribution in [0.25, 0.3) is 16.9 Å². The van der Waals surface area contributed by atoms with Crippen LogP contribution in [-0.2, 0) is 15.9 Å². The summed E-state index contributed by atoms with van der Waals surface area (Å²) in [6.45, 7) is 6.31. The third-order valence-electron chi connectivity index (χ3n) is 5.67. The molecule has 36 heavy (non-hydrogen) atoms. The average molecular weight is 565 g/mol. The van der Waals surface area contributed by atoms with Gasteiger partial charge in [0, 0.05) is 36.2 Å². The zero-order valence-corrected chi connectivity index (χ0v) is 22.0. The summed E-state index contributed by atoms with van der Waals surface area (Å²) in [5.41, 5.74) is -0.0136. The van der Waals surface area contributed by atoms with Gasteiger partial charge in [-0.3, -0.25) is 4.79 Å². The molecule has 0 aliphatic carbocycles. The molecular formula is C25H27BrF2N4O4. The second-order valence-electron chi connectivity index (χ2n) is 9.50. The molecular weight excluding hydrogens is 538 g/mol. The molecule has 4 rings (SSSR count). The van der Waals surface area contributed by atoms with Crippen LogP contribution in [0.3, 0.4) is 0 Å². The van der Waals surface area contributed by atoms with Crippen LogP contribution in [0.5, 0.6) is 0 Å². The topological polar surface area (TPSA) is 85.2 Å². The third-order valence-corrected chi connectivity index (χ3v) is 6.16. The van der Waals surface area contributed by atoms with Gasteiger partial charge in [-0.2, -0.15) is 0 Å². The maximum Gasteiger partial charge on any atom is 0.410 e. The molecule has 0 unspecified atom stereocenters. The number of morpholine rings is 1. The lowest BCUT2D eigenvalue weighted by Gasteiger charge is -2.34. The summed E-state index contributed by atoms with van der Waals surface area (Å²) in [4.78, 5) is 30.6. The van der Waals surface area contributed by atoms with Crippen molar-refractivity contribution in [3.8, 4) is 11.3 Å². The number of fused-ring (bicyclic) bond motifs is 1. The fourth-order valence-electron chi connectivity index (χ4n) is 4.09.